The van der Waals surface area contributed by atoms with Crippen LogP contribution >= 0.6 is 0 Å². The number of rotatable bonds is 5. The Bertz CT molecular complexity index is 893. The van der Waals surface area contributed by atoms with Crippen LogP contribution in [-0.2, 0) is 4.74 Å². The highest BCUT2D eigenvalue weighted by atomic mass is 19.4. The molecule has 0 saturated heterocycles. The van der Waals surface area contributed by atoms with Gasteiger partial charge >= 0.3 is 6.18 Å². The lowest BCUT2D eigenvalue weighted by Gasteiger charge is -2.24. The molecule has 0 saturated carbocycles. The van der Waals surface area contributed by atoms with Gasteiger partial charge in [0.2, 0.25) is 0 Å². The van der Waals surface area contributed by atoms with Gasteiger partial charge in [0.15, 0.2) is 0 Å². The maximum atomic E-state index is 12.9. The van der Waals surface area contributed by atoms with Crippen molar-refractivity contribution >= 4 is 22.4 Å². The van der Waals surface area contributed by atoms with Crippen LogP contribution in [0.1, 0.15) is 42.1 Å². The van der Waals surface area contributed by atoms with Gasteiger partial charge in [-0.25, -0.2) is 0 Å². The van der Waals surface area contributed by atoms with E-state index in [4.69, 9.17) is 4.74 Å². The van der Waals surface area contributed by atoms with Crippen molar-refractivity contribution in [3.8, 4) is 0 Å². The highest BCUT2D eigenvalue weighted by Crippen LogP contribution is 2.40. The van der Waals surface area contributed by atoms with Gasteiger partial charge in [-0.3, -0.25) is 9.78 Å². The molecule has 0 bridgehead atoms. The summed E-state index contributed by atoms with van der Waals surface area (Å²) in [5.41, 5.74) is 2.84. The number of halogens is 3. The molecule has 28 heavy (non-hydrogen) atoms. The fourth-order valence-electron chi connectivity index (χ4n) is 3.52. The molecule has 1 aliphatic carbocycles. The van der Waals surface area contributed by atoms with E-state index in [1.807, 2.05) is 25.1 Å². The minimum Gasteiger partial charge on any atom is -0.383 e. The number of carbonyl (C=O) groups is 1. The van der Waals surface area contributed by atoms with E-state index < -0.39 is 12.1 Å². The zero-order chi connectivity index (χ0) is 20.3. The van der Waals surface area contributed by atoms with Crippen molar-refractivity contribution in [3.05, 3.63) is 47.7 Å². The first-order valence-electron chi connectivity index (χ1n) is 9.24. The molecule has 1 amide bonds. The maximum Gasteiger partial charge on any atom is 0.392 e. The van der Waals surface area contributed by atoms with Gasteiger partial charge in [-0.15, -0.1) is 0 Å². The third kappa shape index (κ3) is 4.52. The third-order valence-electron chi connectivity index (χ3n) is 4.99. The molecule has 0 aliphatic heterocycles. The average molecular weight is 392 g/mol. The quantitative estimate of drug-likeness (QED) is 0.799. The number of hydrogen-bond acceptors (Lipinski definition) is 3. The number of pyridine rings is 1. The molecular formula is C21H23F3N2O2. The van der Waals surface area contributed by atoms with Crippen LogP contribution in [0, 0.1) is 5.92 Å². The van der Waals surface area contributed by atoms with Crippen molar-refractivity contribution in [3.63, 3.8) is 0 Å². The summed E-state index contributed by atoms with van der Waals surface area (Å²) in [6.45, 7) is 2.25. The highest BCUT2D eigenvalue weighted by molar-refractivity contribution is 5.99. The Morgan fingerprint density at radius 2 is 2.18 bits per heavy atom. The summed E-state index contributed by atoms with van der Waals surface area (Å²) in [4.78, 5) is 16.8. The van der Waals surface area contributed by atoms with E-state index >= 15 is 0 Å². The summed E-state index contributed by atoms with van der Waals surface area (Å²) in [6.07, 6.45) is -0.534. The van der Waals surface area contributed by atoms with Gasteiger partial charge in [-0.1, -0.05) is 24.3 Å². The Morgan fingerprint density at radius 1 is 1.39 bits per heavy atom. The molecule has 0 fully saturated rings. The summed E-state index contributed by atoms with van der Waals surface area (Å²) < 4.78 is 43.7. The van der Waals surface area contributed by atoms with Crippen molar-refractivity contribution in [1.29, 1.82) is 0 Å². The van der Waals surface area contributed by atoms with Crippen molar-refractivity contribution in [2.24, 2.45) is 5.92 Å². The third-order valence-corrected chi connectivity index (χ3v) is 4.99. The van der Waals surface area contributed by atoms with Crippen molar-refractivity contribution in [1.82, 2.24) is 10.3 Å². The summed E-state index contributed by atoms with van der Waals surface area (Å²) in [5, 5.41) is 3.62. The topological polar surface area (TPSA) is 51.2 Å². The molecule has 1 aromatic carbocycles. The van der Waals surface area contributed by atoms with Gasteiger partial charge in [-0.2, -0.15) is 13.2 Å². The van der Waals surface area contributed by atoms with E-state index in [-0.39, 0.29) is 24.8 Å². The summed E-state index contributed by atoms with van der Waals surface area (Å²) in [5.74, 6) is -1.52. The SMILES string of the molecule is COC[C@H](C)NC(=O)c1cnc2c(C3=CC[C@@H](C(F)(F)F)CC3)cccc2c1. The fraction of sp³-hybridized carbons (Fsp3) is 0.429. The number of aromatic nitrogens is 1. The molecule has 1 heterocycles. The van der Waals surface area contributed by atoms with E-state index in [0.29, 0.717) is 24.1 Å². The normalized spacial score (nSPS) is 18.6. The molecule has 1 aromatic heterocycles. The number of fused-ring (bicyclic) bond motifs is 1. The molecule has 2 aromatic rings. The zero-order valence-electron chi connectivity index (χ0n) is 15.8. The Kier molecular flexibility index (Phi) is 6.03. The number of para-hydroxylation sites is 1. The number of benzene rings is 1. The van der Waals surface area contributed by atoms with Crippen LogP contribution in [0.3, 0.4) is 0 Å². The van der Waals surface area contributed by atoms with Gasteiger partial charge in [0, 0.05) is 30.3 Å². The van der Waals surface area contributed by atoms with E-state index in [9.17, 15) is 18.0 Å². The summed E-state index contributed by atoms with van der Waals surface area (Å²) in [6, 6.07) is 7.18. The second-order valence-corrected chi connectivity index (χ2v) is 7.17. The zero-order valence-corrected chi connectivity index (χ0v) is 15.8. The van der Waals surface area contributed by atoms with E-state index in [1.54, 1.807) is 19.3 Å². The molecule has 0 radical (unpaired) electrons. The van der Waals surface area contributed by atoms with Crippen molar-refractivity contribution < 1.29 is 22.7 Å². The second-order valence-electron chi connectivity index (χ2n) is 7.17. The fourth-order valence-corrected chi connectivity index (χ4v) is 3.52. The average Bonchev–Trinajstić information content (AvgIpc) is 2.66. The van der Waals surface area contributed by atoms with Gasteiger partial charge in [0.05, 0.1) is 23.6 Å². The molecule has 7 heteroatoms. The number of amides is 1. The first-order chi connectivity index (χ1) is 13.3. The standard InChI is InChI=1S/C21H23F3N2O2/c1-13(12-28-2)26-20(27)16-10-15-4-3-5-18(19(15)25-11-16)14-6-8-17(9-7-14)21(22,23)24/h3-6,10-11,13,17H,7-9,12H2,1-2H3,(H,26,27)/t13-,17+/m0/s1. The predicted octanol–water partition coefficient (Wildman–Crippen LogP) is 4.75. The molecule has 4 nitrogen and oxygen atoms in total. The molecule has 0 spiro atoms. The van der Waals surface area contributed by atoms with E-state index in [2.05, 4.69) is 10.3 Å². The minimum atomic E-state index is -4.15. The van der Waals surface area contributed by atoms with Crippen LogP contribution in [0.5, 0.6) is 0 Å². The van der Waals surface area contributed by atoms with Crippen LogP contribution in [0.15, 0.2) is 36.5 Å². The van der Waals surface area contributed by atoms with Crippen LogP contribution in [0.4, 0.5) is 13.2 Å². The number of nitrogens with zero attached hydrogens (tertiary/aromatic N) is 1. The number of alkyl halides is 3. The van der Waals surface area contributed by atoms with Crippen molar-refractivity contribution in [2.45, 2.75) is 38.4 Å². The lowest BCUT2D eigenvalue weighted by Crippen LogP contribution is -2.35. The number of allylic oxidation sites excluding steroid dienone is 2. The Hall–Kier alpha value is -2.41. The van der Waals surface area contributed by atoms with Gasteiger partial charge < -0.3 is 10.1 Å². The molecule has 1 N–H and O–H groups in total. The van der Waals surface area contributed by atoms with Crippen molar-refractivity contribution in [2.75, 3.05) is 13.7 Å². The smallest absolute Gasteiger partial charge is 0.383 e. The number of methoxy groups -OCH3 is 1. The first kappa shape index (κ1) is 20.3. The molecular weight excluding hydrogens is 369 g/mol. The molecule has 2 atom stereocenters. The maximum absolute atomic E-state index is 12.9. The lowest BCUT2D eigenvalue weighted by molar-refractivity contribution is -0.175. The van der Waals surface area contributed by atoms with Gasteiger partial charge in [-0.05, 0) is 37.8 Å². The number of nitrogens with one attached hydrogen (secondary N) is 1. The first-order valence-corrected chi connectivity index (χ1v) is 9.24. The minimum absolute atomic E-state index is 0.00685. The molecule has 150 valence electrons. The predicted molar refractivity (Wildman–Crippen MR) is 102 cm³/mol. The largest absolute Gasteiger partial charge is 0.392 e. The molecule has 1 aliphatic rings. The second kappa shape index (κ2) is 8.31. The highest BCUT2D eigenvalue weighted by Gasteiger charge is 2.39. The van der Waals surface area contributed by atoms with E-state index in [0.717, 1.165) is 16.5 Å². The monoisotopic (exact) mass is 392 g/mol. The summed E-state index contributed by atoms with van der Waals surface area (Å²) >= 11 is 0. The van der Waals surface area contributed by atoms with Gasteiger partial charge in [0.25, 0.3) is 5.91 Å². The van der Waals surface area contributed by atoms with Crippen LogP contribution in [-0.4, -0.2) is 36.8 Å². The molecule has 3 rings (SSSR count). The van der Waals surface area contributed by atoms with Gasteiger partial charge in [0.1, 0.15) is 0 Å². The number of hydrogen-bond donors (Lipinski definition) is 1. The Labute approximate surface area is 161 Å². The van der Waals surface area contributed by atoms with Crippen LogP contribution < -0.4 is 5.32 Å². The Balaban J connectivity index is 1.85. The number of carbonyl (C=O) groups excluding carboxylic acids is 1. The summed E-state index contributed by atoms with van der Waals surface area (Å²) in [7, 11) is 1.57. The number of ether oxygens (including phenoxy) is 1. The van der Waals surface area contributed by atoms with Crippen LogP contribution in [0.2, 0.25) is 0 Å². The van der Waals surface area contributed by atoms with E-state index in [1.165, 1.54) is 6.20 Å². The lowest BCUT2D eigenvalue weighted by atomic mass is 9.85. The molecule has 0 unspecified atom stereocenters. The Morgan fingerprint density at radius 3 is 2.82 bits per heavy atom. The van der Waals surface area contributed by atoms with Crippen LogP contribution in [0.25, 0.3) is 16.5 Å².